The number of anilines is 1. The van der Waals surface area contributed by atoms with Crippen molar-refractivity contribution >= 4 is 29.4 Å². The van der Waals surface area contributed by atoms with Crippen molar-refractivity contribution < 1.29 is 19.9 Å². The number of nitrogens with zero attached hydrogens (tertiary/aromatic N) is 2. The third kappa shape index (κ3) is 5.93. The van der Waals surface area contributed by atoms with E-state index < -0.39 is 5.97 Å². The van der Waals surface area contributed by atoms with Gasteiger partial charge >= 0.3 is 5.97 Å². The Kier molecular flexibility index (Phi) is 8.26. The lowest BCUT2D eigenvalue weighted by Gasteiger charge is -2.39. The molecule has 0 atom stereocenters. The third-order valence-corrected chi connectivity index (χ3v) is 6.39. The SMILES string of the molecule is CCCCCCCN1C(=O)CC(C)(C)c2cc(C(/C=C/c3ccc(C(=O)O)cc3)=N\O)ccc21. The number of hydrogen-bond donors (Lipinski definition) is 2. The van der Waals surface area contributed by atoms with Crippen LogP contribution < -0.4 is 4.90 Å². The van der Waals surface area contributed by atoms with E-state index in [0.29, 0.717) is 12.1 Å². The first kappa shape index (κ1) is 25.2. The number of fused-ring (bicyclic) bond motifs is 1. The summed E-state index contributed by atoms with van der Waals surface area (Å²) in [6, 6.07) is 12.3. The van der Waals surface area contributed by atoms with Gasteiger partial charge in [0.1, 0.15) is 5.71 Å². The Balaban J connectivity index is 1.83. The van der Waals surface area contributed by atoms with Crippen LogP contribution in [0, 0.1) is 0 Å². The van der Waals surface area contributed by atoms with Crippen LogP contribution in [0.2, 0.25) is 0 Å². The van der Waals surface area contributed by atoms with Crippen molar-refractivity contribution in [1.29, 1.82) is 0 Å². The molecule has 6 nitrogen and oxygen atoms in total. The average Bonchev–Trinajstić information content (AvgIpc) is 2.81. The van der Waals surface area contributed by atoms with Gasteiger partial charge < -0.3 is 15.2 Å². The maximum atomic E-state index is 12.9. The number of carbonyl (C=O) groups is 2. The van der Waals surface area contributed by atoms with Crippen LogP contribution in [0.1, 0.15) is 86.3 Å². The molecule has 180 valence electrons. The first-order chi connectivity index (χ1) is 16.3. The molecule has 0 saturated heterocycles. The van der Waals surface area contributed by atoms with E-state index in [9.17, 15) is 14.8 Å². The van der Waals surface area contributed by atoms with Crippen molar-refractivity contribution in [2.45, 2.75) is 64.7 Å². The zero-order valence-electron chi connectivity index (χ0n) is 20.3. The predicted molar refractivity (Wildman–Crippen MR) is 136 cm³/mol. The molecule has 0 fully saturated rings. The maximum Gasteiger partial charge on any atom is 0.335 e. The Morgan fingerprint density at radius 3 is 2.38 bits per heavy atom. The number of allylic oxidation sites excluding steroid dienone is 1. The van der Waals surface area contributed by atoms with Crippen LogP contribution in [0.15, 0.2) is 53.7 Å². The summed E-state index contributed by atoms with van der Waals surface area (Å²) in [5.74, 6) is -0.820. The number of benzene rings is 2. The fourth-order valence-electron chi connectivity index (χ4n) is 4.39. The fourth-order valence-corrected chi connectivity index (χ4v) is 4.39. The molecule has 0 radical (unpaired) electrons. The molecular formula is C28H34N2O4. The molecule has 2 aromatic carbocycles. The minimum absolute atomic E-state index is 0.154. The minimum atomic E-state index is -0.974. The van der Waals surface area contributed by atoms with Crippen molar-refractivity contribution in [3.05, 3.63) is 70.8 Å². The summed E-state index contributed by atoms with van der Waals surface area (Å²) in [7, 11) is 0. The van der Waals surface area contributed by atoms with E-state index >= 15 is 0 Å². The van der Waals surface area contributed by atoms with Gasteiger partial charge in [0.25, 0.3) is 0 Å². The highest BCUT2D eigenvalue weighted by Crippen LogP contribution is 2.41. The quantitative estimate of drug-likeness (QED) is 0.189. The number of hydrogen-bond acceptors (Lipinski definition) is 4. The summed E-state index contributed by atoms with van der Waals surface area (Å²) >= 11 is 0. The molecule has 0 saturated carbocycles. The Labute approximate surface area is 201 Å². The highest BCUT2D eigenvalue weighted by atomic mass is 16.4. The molecule has 34 heavy (non-hydrogen) atoms. The number of unbranched alkanes of at least 4 members (excludes halogenated alkanes) is 4. The fraction of sp³-hybridized carbons (Fsp3) is 0.393. The number of carboxylic acids is 1. The standard InChI is InChI=1S/C28H34N2O4/c1-4-5-6-7-8-17-30-25-16-14-22(18-23(25)28(2,3)19-26(30)31)24(29-34)15-11-20-9-12-21(13-10-20)27(32)33/h9-16,18,34H,4-8,17,19H2,1-3H3,(H,32,33)/b15-11+,29-24-. The Morgan fingerprint density at radius 2 is 1.74 bits per heavy atom. The predicted octanol–water partition coefficient (Wildman–Crippen LogP) is 6.26. The summed E-state index contributed by atoms with van der Waals surface area (Å²) in [5.41, 5.74) is 3.84. The molecule has 1 aliphatic rings. The van der Waals surface area contributed by atoms with E-state index in [-0.39, 0.29) is 16.9 Å². The van der Waals surface area contributed by atoms with Crippen molar-refractivity contribution in [2.75, 3.05) is 11.4 Å². The molecule has 2 N–H and O–H groups in total. The van der Waals surface area contributed by atoms with E-state index in [1.54, 1.807) is 24.3 Å². The zero-order chi connectivity index (χ0) is 24.7. The van der Waals surface area contributed by atoms with E-state index in [1.807, 2.05) is 23.1 Å². The van der Waals surface area contributed by atoms with E-state index in [1.165, 1.54) is 31.4 Å². The lowest BCUT2D eigenvalue weighted by molar-refractivity contribution is -0.120. The third-order valence-electron chi connectivity index (χ3n) is 6.39. The molecule has 1 amide bonds. The van der Waals surface area contributed by atoms with Gasteiger partial charge in [-0.05, 0) is 47.9 Å². The van der Waals surface area contributed by atoms with Gasteiger partial charge in [-0.2, -0.15) is 0 Å². The van der Waals surface area contributed by atoms with Gasteiger partial charge in [0.15, 0.2) is 0 Å². The second-order valence-corrected chi connectivity index (χ2v) is 9.50. The highest BCUT2D eigenvalue weighted by molar-refractivity contribution is 6.11. The molecule has 1 heterocycles. The normalized spacial score (nSPS) is 15.6. The summed E-state index contributed by atoms with van der Waals surface area (Å²) in [6.07, 6.45) is 9.63. The second-order valence-electron chi connectivity index (χ2n) is 9.50. The number of aromatic carboxylic acids is 1. The Hall–Kier alpha value is -3.41. The molecular weight excluding hydrogens is 428 g/mol. The first-order valence-electron chi connectivity index (χ1n) is 12.0. The number of oxime groups is 1. The smallest absolute Gasteiger partial charge is 0.335 e. The van der Waals surface area contributed by atoms with Crippen LogP contribution in [-0.4, -0.2) is 34.4 Å². The maximum absolute atomic E-state index is 12.9. The van der Waals surface area contributed by atoms with Crippen molar-refractivity contribution in [1.82, 2.24) is 0 Å². The number of rotatable bonds is 10. The number of carboxylic acid groups (broad SMARTS) is 1. The molecule has 1 aliphatic heterocycles. The molecule has 0 unspecified atom stereocenters. The lowest BCUT2D eigenvalue weighted by Crippen LogP contribution is -2.42. The van der Waals surface area contributed by atoms with Gasteiger partial charge in [-0.25, -0.2) is 4.79 Å². The molecule has 0 bridgehead atoms. The average molecular weight is 463 g/mol. The van der Waals surface area contributed by atoms with Gasteiger partial charge in [0.05, 0.1) is 5.56 Å². The molecule has 0 aliphatic carbocycles. The van der Waals surface area contributed by atoms with Crippen LogP contribution in [0.3, 0.4) is 0 Å². The molecule has 6 heteroatoms. The summed E-state index contributed by atoms with van der Waals surface area (Å²) in [4.78, 5) is 25.8. The van der Waals surface area contributed by atoms with E-state index in [0.717, 1.165) is 41.8 Å². The van der Waals surface area contributed by atoms with Gasteiger partial charge in [0.2, 0.25) is 5.91 Å². The van der Waals surface area contributed by atoms with Crippen LogP contribution in [0.25, 0.3) is 6.08 Å². The van der Waals surface area contributed by atoms with Gasteiger partial charge in [-0.1, -0.05) is 75.9 Å². The van der Waals surface area contributed by atoms with Crippen LogP contribution in [-0.2, 0) is 10.2 Å². The lowest BCUT2D eigenvalue weighted by atomic mass is 9.76. The zero-order valence-corrected chi connectivity index (χ0v) is 20.3. The minimum Gasteiger partial charge on any atom is -0.478 e. The van der Waals surface area contributed by atoms with Gasteiger partial charge in [-0.3, -0.25) is 4.79 Å². The van der Waals surface area contributed by atoms with Gasteiger partial charge in [0, 0.05) is 29.6 Å². The number of amides is 1. The molecule has 3 rings (SSSR count). The summed E-state index contributed by atoms with van der Waals surface area (Å²) < 4.78 is 0. The molecule has 2 aromatic rings. The molecule has 0 spiro atoms. The monoisotopic (exact) mass is 462 g/mol. The van der Waals surface area contributed by atoms with Crippen molar-refractivity contribution in [3.8, 4) is 0 Å². The Bertz CT molecular complexity index is 1080. The highest BCUT2D eigenvalue weighted by Gasteiger charge is 2.36. The molecule has 0 aromatic heterocycles. The largest absolute Gasteiger partial charge is 0.478 e. The summed E-state index contributed by atoms with van der Waals surface area (Å²) in [6.45, 7) is 7.06. The summed E-state index contributed by atoms with van der Waals surface area (Å²) in [5, 5.41) is 22.2. The topological polar surface area (TPSA) is 90.2 Å². The van der Waals surface area contributed by atoms with Gasteiger partial charge in [-0.15, -0.1) is 0 Å². The van der Waals surface area contributed by atoms with Crippen LogP contribution in [0.4, 0.5) is 5.69 Å². The first-order valence-corrected chi connectivity index (χ1v) is 12.0. The number of carbonyl (C=O) groups excluding carboxylic acids is 1. The van der Waals surface area contributed by atoms with E-state index in [2.05, 4.69) is 25.9 Å². The van der Waals surface area contributed by atoms with E-state index in [4.69, 9.17) is 5.11 Å². The van der Waals surface area contributed by atoms with Crippen LogP contribution >= 0.6 is 0 Å². The van der Waals surface area contributed by atoms with Crippen molar-refractivity contribution in [2.24, 2.45) is 5.16 Å². The van der Waals surface area contributed by atoms with Crippen molar-refractivity contribution in [3.63, 3.8) is 0 Å². The second kappa shape index (κ2) is 11.1. The Morgan fingerprint density at radius 1 is 1.06 bits per heavy atom. The van der Waals surface area contributed by atoms with Crippen LogP contribution in [0.5, 0.6) is 0 Å².